The van der Waals surface area contributed by atoms with E-state index in [1.165, 1.54) is 44.0 Å². The Labute approximate surface area is 171 Å². The first-order valence-corrected chi connectivity index (χ1v) is 11.0. The molecule has 2 N–H and O–H groups in total. The molecule has 1 aromatic heterocycles. The Hall–Kier alpha value is -1.93. The predicted octanol–water partition coefficient (Wildman–Crippen LogP) is 3.23. The number of anilines is 2. The Morgan fingerprint density at radius 1 is 1.11 bits per heavy atom. The monoisotopic (exact) mass is 405 g/mol. The number of nitrogens with two attached hydrogens (primary N) is 1. The fraction of sp³-hybridized carbons (Fsp3) is 0.600. The maximum absolute atomic E-state index is 6.18. The average molecular weight is 406 g/mol. The van der Waals surface area contributed by atoms with Gasteiger partial charge in [0.1, 0.15) is 5.82 Å². The van der Waals surface area contributed by atoms with Gasteiger partial charge in [-0.05, 0) is 25.5 Å². The topological polar surface area (TPSA) is 76.7 Å². The van der Waals surface area contributed by atoms with Crippen LogP contribution in [0.25, 0.3) is 10.9 Å². The summed E-state index contributed by atoms with van der Waals surface area (Å²) in [6, 6.07) is 3.67. The molecule has 0 saturated carbocycles. The molecule has 0 spiro atoms. The van der Waals surface area contributed by atoms with Crippen molar-refractivity contribution >= 4 is 34.4 Å². The summed E-state index contributed by atoms with van der Waals surface area (Å²) in [5.74, 6) is 4.86. The second-order valence-electron chi connectivity index (χ2n) is 7.12. The van der Waals surface area contributed by atoms with Gasteiger partial charge in [0.2, 0.25) is 5.95 Å². The fourth-order valence-electron chi connectivity index (χ4n) is 3.40. The van der Waals surface area contributed by atoms with Crippen molar-refractivity contribution < 1.29 is 9.47 Å². The number of hydrogen-bond donors (Lipinski definition) is 1. The maximum atomic E-state index is 6.18. The van der Waals surface area contributed by atoms with Crippen LogP contribution < -0.4 is 20.1 Å². The lowest BCUT2D eigenvalue weighted by atomic mass is 10.2. The zero-order valence-corrected chi connectivity index (χ0v) is 17.9. The molecule has 0 amide bonds. The van der Waals surface area contributed by atoms with E-state index in [0.29, 0.717) is 23.3 Å². The summed E-state index contributed by atoms with van der Waals surface area (Å²) in [5, 5.41) is 0.773. The van der Waals surface area contributed by atoms with Gasteiger partial charge in [-0.2, -0.15) is 4.98 Å². The number of hydrogen-bond acceptors (Lipinski definition) is 8. The Bertz CT molecular complexity index is 783. The van der Waals surface area contributed by atoms with Crippen LogP contribution in [0.5, 0.6) is 11.5 Å². The molecule has 0 aliphatic carbocycles. The molecule has 3 rings (SSSR count). The molecular weight excluding hydrogens is 374 g/mol. The Balaban J connectivity index is 1.54. The van der Waals surface area contributed by atoms with Crippen molar-refractivity contribution in [1.29, 1.82) is 0 Å². The van der Waals surface area contributed by atoms with Gasteiger partial charge in [-0.1, -0.05) is 12.8 Å². The number of benzene rings is 1. The molecule has 0 atom stereocenters. The van der Waals surface area contributed by atoms with Crippen molar-refractivity contribution in [3.05, 3.63) is 12.1 Å². The molecule has 0 unspecified atom stereocenters. The molecule has 0 bridgehead atoms. The van der Waals surface area contributed by atoms with Gasteiger partial charge in [0.05, 0.1) is 19.7 Å². The number of nitrogen functional groups attached to an aromatic ring is 1. The average Bonchev–Trinajstić information content (AvgIpc) is 3.22. The molecule has 1 aliphatic heterocycles. The van der Waals surface area contributed by atoms with E-state index in [1.807, 2.05) is 30.9 Å². The van der Waals surface area contributed by atoms with Crippen LogP contribution in [0.3, 0.4) is 0 Å². The Kier molecular flexibility index (Phi) is 7.44. The standard InChI is InChI=1S/C20H31N5O2S/c1-24(8-6-4-5-7-9-25-10-11-28-14-25)20-22-16-13-18(27-3)17(26-2)12-15(16)19(21)23-20/h12-13H,4-11,14H2,1-3H3,(H2,21,22,23). The van der Waals surface area contributed by atoms with E-state index in [4.69, 9.17) is 15.2 Å². The number of ether oxygens (including phenoxy) is 2. The number of rotatable bonds is 10. The molecule has 2 aromatic rings. The first kappa shape index (κ1) is 20.8. The van der Waals surface area contributed by atoms with Crippen LogP contribution in [0.4, 0.5) is 11.8 Å². The third-order valence-electron chi connectivity index (χ3n) is 5.10. The maximum Gasteiger partial charge on any atom is 0.227 e. The van der Waals surface area contributed by atoms with Crippen LogP contribution in [-0.2, 0) is 0 Å². The van der Waals surface area contributed by atoms with Gasteiger partial charge in [-0.15, -0.1) is 11.8 Å². The van der Waals surface area contributed by atoms with Gasteiger partial charge in [0, 0.05) is 43.2 Å². The molecule has 2 heterocycles. The zero-order valence-electron chi connectivity index (χ0n) is 17.1. The van der Waals surface area contributed by atoms with Crippen LogP contribution in [0.2, 0.25) is 0 Å². The highest BCUT2D eigenvalue weighted by Crippen LogP contribution is 2.34. The van der Waals surface area contributed by atoms with Crippen molar-refractivity contribution in [3.63, 3.8) is 0 Å². The molecule has 0 radical (unpaired) electrons. The van der Waals surface area contributed by atoms with Crippen LogP contribution >= 0.6 is 11.8 Å². The highest BCUT2D eigenvalue weighted by atomic mass is 32.2. The number of thioether (sulfide) groups is 1. The summed E-state index contributed by atoms with van der Waals surface area (Å²) < 4.78 is 10.7. The van der Waals surface area contributed by atoms with Gasteiger partial charge >= 0.3 is 0 Å². The summed E-state index contributed by atoms with van der Waals surface area (Å²) in [6.07, 6.45) is 4.90. The number of aromatic nitrogens is 2. The third kappa shape index (κ3) is 5.11. The zero-order chi connectivity index (χ0) is 19.9. The molecule has 1 fully saturated rings. The number of unbranched alkanes of at least 4 members (excludes halogenated alkanes) is 3. The van der Waals surface area contributed by atoms with Gasteiger partial charge in [-0.25, -0.2) is 4.98 Å². The number of fused-ring (bicyclic) bond motifs is 1. The normalized spacial score (nSPS) is 14.5. The van der Waals surface area contributed by atoms with Crippen LogP contribution in [-0.4, -0.2) is 67.4 Å². The highest BCUT2D eigenvalue weighted by Gasteiger charge is 2.14. The lowest BCUT2D eigenvalue weighted by Gasteiger charge is -2.19. The van der Waals surface area contributed by atoms with Gasteiger partial charge in [-0.3, -0.25) is 4.90 Å². The fourth-order valence-corrected chi connectivity index (χ4v) is 4.44. The predicted molar refractivity (Wildman–Crippen MR) is 118 cm³/mol. The summed E-state index contributed by atoms with van der Waals surface area (Å²) in [7, 11) is 5.24. The number of nitrogens with zero attached hydrogens (tertiary/aromatic N) is 4. The van der Waals surface area contributed by atoms with E-state index in [0.717, 1.165) is 23.9 Å². The summed E-state index contributed by atoms with van der Waals surface area (Å²) in [4.78, 5) is 13.8. The lowest BCUT2D eigenvalue weighted by molar-refractivity contribution is 0.344. The molecule has 1 aromatic carbocycles. The van der Waals surface area contributed by atoms with E-state index in [2.05, 4.69) is 19.8 Å². The van der Waals surface area contributed by atoms with Gasteiger partial charge in [0.15, 0.2) is 11.5 Å². The van der Waals surface area contributed by atoms with E-state index in [1.54, 1.807) is 14.2 Å². The van der Waals surface area contributed by atoms with Gasteiger partial charge in [0.25, 0.3) is 0 Å². The van der Waals surface area contributed by atoms with Crippen LogP contribution in [0.15, 0.2) is 12.1 Å². The van der Waals surface area contributed by atoms with Crippen molar-refractivity contribution in [3.8, 4) is 11.5 Å². The molecule has 1 saturated heterocycles. The smallest absolute Gasteiger partial charge is 0.227 e. The van der Waals surface area contributed by atoms with Crippen LogP contribution in [0, 0.1) is 0 Å². The quantitative estimate of drug-likeness (QED) is 0.604. The van der Waals surface area contributed by atoms with Gasteiger partial charge < -0.3 is 20.1 Å². The van der Waals surface area contributed by atoms with Crippen molar-refractivity contribution in [2.24, 2.45) is 0 Å². The van der Waals surface area contributed by atoms with Crippen molar-refractivity contribution in [1.82, 2.24) is 14.9 Å². The molecule has 1 aliphatic rings. The Morgan fingerprint density at radius 3 is 2.57 bits per heavy atom. The van der Waals surface area contributed by atoms with E-state index in [-0.39, 0.29) is 0 Å². The molecule has 28 heavy (non-hydrogen) atoms. The minimum atomic E-state index is 0.455. The first-order valence-electron chi connectivity index (χ1n) is 9.83. The lowest BCUT2D eigenvalue weighted by Crippen LogP contribution is -2.22. The summed E-state index contributed by atoms with van der Waals surface area (Å²) >= 11 is 2.04. The summed E-state index contributed by atoms with van der Waals surface area (Å²) in [6.45, 7) is 3.40. The molecule has 7 nitrogen and oxygen atoms in total. The minimum absolute atomic E-state index is 0.455. The van der Waals surface area contributed by atoms with E-state index >= 15 is 0 Å². The largest absolute Gasteiger partial charge is 0.493 e. The van der Waals surface area contributed by atoms with Crippen molar-refractivity contribution in [2.45, 2.75) is 25.7 Å². The second kappa shape index (κ2) is 10.0. The SMILES string of the molecule is COc1cc2nc(N(C)CCCCCCN3CCSC3)nc(N)c2cc1OC. The second-order valence-corrected chi connectivity index (χ2v) is 8.20. The first-order chi connectivity index (χ1) is 13.6. The number of methoxy groups -OCH3 is 2. The van der Waals surface area contributed by atoms with E-state index in [9.17, 15) is 0 Å². The molecular formula is C20H31N5O2S. The minimum Gasteiger partial charge on any atom is -0.493 e. The highest BCUT2D eigenvalue weighted by molar-refractivity contribution is 7.99. The van der Waals surface area contributed by atoms with Crippen LogP contribution in [0.1, 0.15) is 25.7 Å². The molecule has 8 heteroatoms. The van der Waals surface area contributed by atoms with Crippen molar-refractivity contribution in [2.75, 3.05) is 63.2 Å². The van der Waals surface area contributed by atoms with E-state index < -0.39 is 0 Å². The summed E-state index contributed by atoms with van der Waals surface area (Å²) in [5.41, 5.74) is 6.94. The Morgan fingerprint density at radius 2 is 1.86 bits per heavy atom. The third-order valence-corrected chi connectivity index (χ3v) is 6.12. The molecule has 154 valence electrons.